The van der Waals surface area contributed by atoms with Gasteiger partial charge >= 0.3 is 0 Å². The largest absolute Gasteiger partial charge is 0.491 e. The van der Waals surface area contributed by atoms with Crippen LogP contribution in [0, 0.1) is 19.8 Å². The first-order valence-electron chi connectivity index (χ1n) is 9.91. The first-order chi connectivity index (χ1) is 13.5. The van der Waals surface area contributed by atoms with E-state index in [4.69, 9.17) is 9.26 Å². The van der Waals surface area contributed by atoms with Crippen molar-refractivity contribution in [2.75, 3.05) is 18.5 Å². The molecule has 1 saturated carbocycles. The molecule has 2 N–H and O–H groups in total. The van der Waals surface area contributed by atoms with Crippen molar-refractivity contribution in [1.29, 1.82) is 0 Å². The van der Waals surface area contributed by atoms with E-state index >= 15 is 0 Å². The SMILES string of the molecule is Cc1noc(C)c1-c1cc(NC(=O)[C@H]2C[C@H]2F)ccc1OC[C@H]1CCCCN1. The number of alkyl halides is 1. The summed E-state index contributed by atoms with van der Waals surface area (Å²) >= 11 is 0. The number of aromatic nitrogens is 1. The van der Waals surface area contributed by atoms with E-state index in [0.717, 1.165) is 35.5 Å². The van der Waals surface area contributed by atoms with E-state index in [9.17, 15) is 9.18 Å². The molecule has 3 atom stereocenters. The van der Waals surface area contributed by atoms with E-state index in [0.29, 0.717) is 30.5 Å². The van der Waals surface area contributed by atoms with Gasteiger partial charge in [0.25, 0.3) is 0 Å². The second kappa shape index (κ2) is 7.91. The van der Waals surface area contributed by atoms with Crippen molar-refractivity contribution in [2.45, 2.75) is 51.7 Å². The van der Waals surface area contributed by atoms with Crippen molar-refractivity contribution in [3.05, 3.63) is 29.7 Å². The molecule has 150 valence electrons. The van der Waals surface area contributed by atoms with Gasteiger partial charge in [0.1, 0.15) is 24.3 Å². The molecule has 1 aliphatic carbocycles. The lowest BCUT2D eigenvalue weighted by molar-refractivity contribution is -0.117. The van der Waals surface area contributed by atoms with Crippen LogP contribution in [0.4, 0.5) is 10.1 Å². The van der Waals surface area contributed by atoms with Crippen LogP contribution in [0.5, 0.6) is 5.75 Å². The smallest absolute Gasteiger partial charge is 0.230 e. The molecule has 2 heterocycles. The number of piperidine rings is 1. The first kappa shape index (κ1) is 18.9. The highest BCUT2D eigenvalue weighted by molar-refractivity contribution is 5.95. The van der Waals surface area contributed by atoms with E-state index in [1.807, 2.05) is 26.0 Å². The van der Waals surface area contributed by atoms with Crippen LogP contribution in [0.25, 0.3) is 11.1 Å². The topological polar surface area (TPSA) is 76.4 Å². The van der Waals surface area contributed by atoms with Crippen LogP contribution in [0.3, 0.4) is 0 Å². The molecule has 2 fully saturated rings. The van der Waals surface area contributed by atoms with Crippen molar-refractivity contribution >= 4 is 11.6 Å². The monoisotopic (exact) mass is 387 g/mol. The zero-order chi connectivity index (χ0) is 19.7. The lowest BCUT2D eigenvalue weighted by Crippen LogP contribution is -2.38. The molecule has 1 aromatic carbocycles. The predicted octanol–water partition coefficient (Wildman–Crippen LogP) is 3.78. The van der Waals surface area contributed by atoms with Crippen LogP contribution >= 0.6 is 0 Å². The number of carbonyl (C=O) groups is 1. The van der Waals surface area contributed by atoms with Gasteiger partial charge in [-0.05, 0) is 57.9 Å². The quantitative estimate of drug-likeness (QED) is 0.789. The Kier molecular flexibility index (Phi) is 5.35. The standard InChI is InChI=1S/C21H26FN3O3/c1-12-20(13(2)28-25-12)17-9-14(24-21(26)16-10-18(16)22)6-7-19(17)27-11-15-5-3-4-8-23-15/h6-7,9,15-16,18,23H,3-5,8,10-11H2,1-2H3,(H,24,26)/t15-,16+,18-/m1/s1. The van der Waals surface area contributed by atoms with Crippen molar-refractivity contribution in [2.24, 2.45) is 5.92 Å². The summed E-state index contributed by atoms with van der Waals surface area (Å²) in [5, 5.41) is 10.3. The molecule has 0 radical (unpaired) electrons. The van der Waals surface area contributed by atoms with Gasteiger partial charge in [0.05, 0.1) is 17.2 Å². The summed E-state index contributed by atoms with van der Waals surface area (Å²) in [6.45, 7) is 5.33. The molecule has 6 nitrogen and oxygen atoms in total. The Morgan fingerprint density at radius 2 is 2.21 bits per heavy atom. The van der Waals surface area contributed by atoms with Crippen molar-refractivity contribution < 1.29 is 18.4 Å². The van der Waals surface area contributed by atoms with E-state index < -0.39 is 12.1 Å². The Morgan fingerprint density at radius 3 is 2.86 bits per heavy atom. The summed E-state index contributed by atoms with van der Waals surface area (Å²) in [6, 6.07) is 5.82. The van der Waals surface area contributed by atoms with Gasteiger partial charge in [0, 0.05) is 17.3 Å². The highest BCUT2D eigenvalue weighted by Gasteiger charge is 2.43. The summed E-state index contributed by atoms with van der Waals surface area (Å²) in [4.78, 5) is 12.1. The highest BCUT2D eigenvalue weighted by atomic mass is 19.1. The average Bonchev–Trinajstić information content (AvgIpc) is 3.34. The minimum absolute atomic E-state index is 0.280. The maximum Gasteiger partial charge on any atom is 0.230 e. The van der Waals surface area contributed by atoms with Crippen molar-refractivity contribution in [1.82, 2.24) is 10.5 Å². The van der Waals surface area contributed by atoms with Crippen molar-refractivity contribution in [3.8, 4) is 16.9 Å². The number of hydrogen-bond donors (Lipinski definition) is 2. The Morgan fingerprint density at radius 1 is 1.39 bits per heavy atom. The van der Waals surface area contributed by atoms with E-state index in [1.165, 1.54) is 12.8 Å². The normalized spacial score (nSPS) is 24.0. The molecular weight excluding hydrogens is 361 g/mol. The second-order valence-corrected chi connectivity index (χ2v) is 7.72. The van der Waals surface area contributed by atoms with E-state index in [1.54, 1.807) is 6.07 Å². The molecule has 0 spiro atoms. The van der Waals surface area contributed by atoms with E-state index in [2.05, 4.69) is 15.8 Å². The molecule has 0 bridgehead atoms. The number of ether oxygens (including phenoxy) is 1. The predicted molar refractivity (Wildman–Crippen MR) is 104 cm³/mol. The third-order valence-electron chi connectivity index (χ3n) is 5.45. The fourth-order valence-electron chi connectivity index (χ4n) is 3.72. The third kappa shape index (κ3) is 4.04. The first-order valence-corrected chi connectivity index (χ1v) is 9.91. The van der Waals surface area contributed by atoms with Gasteiger partial charge in [0.15, 0.2) is 0 Å². The fourth-order valence-corrected chi connectivity index (χ4v) is 3.72. The molecule has 4 rings (SSSR count). The Balaban J connectivity index is 1.58. The van der Waals surface area contributed by atoms with Gasteiger partial charge in [-0.25, -0.2) is 4.39 Å². The number of carbonyl (C=O) groups excluding carboxylic acids is 1. The van der Waals surface area contributed by atoms with Crippen LogP contribution in [0.1, 0.15) is 37.1 Å². The number of halogens is 1. The maximum atomic E-state index is 13.2. The molecule has 2 aromatic rings. The minimum Gasteiger partial charge on any atom is -0.491 e. The number of amides is 1. The number of rotatable bonds is 6. The summed E-state index contributed by atoms with van der Waals surface area (Å²) in [6.07, 6.45) is 2.79. The molecule has 7 heteroatoms. The van der Waals surface area contributed by atoms with Crippen molar-refractivity contribution in [3.63, 3.8) is 0 Å². The molecule has 1 aromatic heterocycles. The molecule has 2 aliphatic rings. The van der Waals surface area contributed by atoms with Crippen LogP contribution in [-0.4, -0.2) is 36.4 Å². The Bertz CT molecular complexity index is 841. The summed E-state index contributed by atoms with van der Waals surface area (Å²) in [5.41, 5.74) is 3.05. The zero-order valence-electron chi connectivity index (χ0n) is 16.3. The number of nitrogens with one attached hydrogen (secondary N) is 2. The molecular formula is C21H26FN3O3. The molecule has 1 saturated heterocycles. The van der Waals surface area contributed by atoms with Gasteiger partial charge in [-0.3, -0.25) is 4.79 Å². The van der Waals surface area contributed by atoms with Gasteiger partial charge in [-0.15, -0.1) is 0 Å². The lowest BCUT2D eigenvalue weighted by atomic mass is 10.0. The lowest BCUT2D eigenvalue weighted by Gasteiger charge is -2.24. The van der Waals surface area contributed by atoms with E-state index in [-0.39, 0.29) is 5.91 Å². The average molecular weight is 387 g/mol. The van der Waals surface area contributed by atoms with Gasteiger partial charge in [-0.2, -0.15) is 0 Å². The van der Waals surface area contributed by atoms with Crippen LogP contribution in [-0.2, 0) is 4.79 Å². The van der Waals surface area contributed by atoms with Crippen LogP contribution < -0.4 is 15.4 Å². The summed E-state index contributed by atoms with van der Waals surface area (Å²) in [5.74, 6) is 0.593. The second-order valence-electron chi connectivity index (χ2n) is 7.72. The number of nitrogens with zero attached hydrogens (tertiary/aromatic N) is 1. The Hall–Kier alpha value is -2.41. The summed E-state index contributed by atoms with van der Waals surface area (Å²) in [7, 11) is 0. The number of anilines is 1. The van der Waals surface area contributed by atoms with Gasteiger partial charge in [-0.1, -0.05) is 11.6 Å². The summed E-state index contributed by atoms with van der Waals surface area (Å²) < 4.78 is 24.6. The number of benzene rings is 1. The molecule has 28 heavy (non-hydrogen) atoms. The zero-order valence-corrected chi connectivity index (χ0v) is 16.3. The maximum absolute atomic E-state index is 13.2. The molecule has 0 unspecified atom stereocenters. The van der Waals surface area contributed by atoms with Gasteiger partial charge < -0.3 is 19.9 Å². The van der Waals surface area contributed by atoms with Crippen LogP contribution in [0.15, 0.2) is 22.7 Å². The molecule has 1 aliphatic heterocycles. The Labute approximate surface area is 163 Å². The number of hydrogen-bond acceptors (Lipinski definition) is 5. The highest BCUT2D eigenvalue weighted by Crippen LogP contribution is 2.38. The third-order valence-corrected chi connectivity index (χ3v) is 5.45. The molecule has 1 amide bonds. The number of aryl methyl sites for hydroxylation is 2. The van der Waals surface area contributed by atoms with Gasteiger partial charge in [0.2, 0.25) is 5.91 Å². The minimum atomic E-state index is -1.02. The van der Waals surface area contributed by atoms with Crippen LogP contribution in [0.2, 0.25) is 0 Å². The fraction of sp³-hybridized carbons (Fsp3) is 0.524.